The number of hydrogen-bond acceptors (Lipinski definition) is 5. The van der Waals surface area contributed by atoms with Gasteiger partial charge in [-0.1, -0.05) is 20.8 Å². The van der Waals surface area contributed by atoms with Crippen LogP contribution in [0.25, 0.3) is 12.2 Å². The molecule has 2 heterocycles. The SMILES string of the molecule is CC(C)(C)c1ncc(/C=C/c2nc(C(=O)O)co2)cn1. The molecule has 0 saturated heterocycles. The van der Waals surface area contributed by atoms with Crippen LogP contribution in [-0.4, -0.2) is 26.0 Å². The summed E-state index contributed by atoms with van der Waals surface area (Å²) >= 11 is 0. The van der Waals surface area contributed by atoms with E-state index < -0.39 is 5.97 Å². The van der Waals surface area contributed by atoms with Gasteiger partial charge >= 0.3 is 5.97 Å². The molecule has 0 aliphatic heterocycles. The van der Waals surface area contributed by atoms with Gasteiger partial charge in [0.1, 0.15) is 12.1 Å². The average Bonchev–Trinajstić information content (AvgIpc) is 2.85. The minimum absolute atomic E-state index is 0.0960. The number of hydrogen-bond donors (Lipinski definition) is 1. The molecule has 6 nitrogen and oxygen atoms in total. The molecule has 6 heteroatoms. The third-order valence-electron chi connectivity index (χ3n) is 2.50. The van der Waals surface area contributed by atoms with Crippen molar-refractivity contribution < 1.29 is 14.3 Å². The Morgan fingerprint density at radius 2 is 1.90 bits per heavy atom. The van der Waals surface area contributed by atoms with E-state index in [1.54, 1.807) is 24.5 Å². The van der Waals surface area contributed by atoms with Crippen LogP contribution < -0.4 is 0 Å². The monoisotopic (exact) mass is 273 g/mol. The second-order valence-corrected chi connectivity index (χ2v) is 5.30. The first-order valence-electron chi connectivity index (χ1n) is 6.06. The number of carboxylic acid groups (broad SMARTS) is 1. The Morgan fingerprint density at radius 1 is 1.25 bits per heavy atom. The number of nitrogens with zero attached hydrogens (tertiary/aromatic N) is 3. The van der Waals surface area contributed by atoms with Crippen LogP contribution in [0.4, 0.5) is 0 Å². The molecule has 2 aromatic heterocycles. The van der Waals surface area contributed by atoms with Crippen molar-refractivity contribution in [3.63, 3.8) is 0 Å². The van der Waals surface area contributed by atoms with Crippen molar-refractivity contribution in [3.8, 4) is 0 Å². The van der Waals surface area contributed by atoms with E-state index in [2.05, 4.69) is 15.0 Å². The van der Waals surface area contributed by atoms with E-state index in [0.717, 1.165) is 17.7 Å². The first kappa shape index (κ1) is 13.9. The van der Waals surface area contributed by atoms with Crippen molar-refractivity contribution in [1.82, 2.24) is 15.0 Å². The molecule has 0 aliphatic carbocycles. The van der Waals surface area contributed by atoms with Gasteiger partial charge in [0.2, 0.25) is 5.89 Å². The molecule has 2 aromatic rings. The van der Waals surface area contributed by atoms with Crippen molar-refractivity contribution in [2.45, 2.75) is 26.2 Å². The Hall–Kier alpha value is -2.50. The molecule has 0 unspecified atom stereocenters. The van der Waals surface area contributed by atoms with Gasteiger partial charge in [0, 0.05) is 29.4 Å². The summed E-state index contributed by atoms with van der Waals surface area (Å²) in [7, 11) is 0. The standard InChI is InChI=1S/C14H15N3O3/c1-14(2,3)13-15-6-9(7-16-13)4-5-11-17-10(8-20-11)12(18)19/h4-8H,1-3H3,(H,18,19)/b5-4+. The largest absolute Gasteiger partial charge is 0.476 e. The Morgan fingerprint density at radius 3 is 2.40 bits per heavy atom. The summed E-state index contributed by atoms with van der Waals surface area (Å²) in [6, 6.07) is 0. The zero-order chi connectivity index (χ0) is 14.8. The van der Waals surface area contributed by atoms with Gasteiger partial charge in [-0.3, -0.25) is 0 Å². The molecule has 0 atom stereocenters. The third-order valence-corrected chi connectivity index (χ3v) is 2.50. The summed E-state index contributed by atoms with van der Waals surface area (Å²) in [6.45, 7) is 6.12. The highest BCUT2D eigenvalue weighted by Gasteiger charge is 2.16. The van der Waals surface area contributed by atoms with Crippen LogP contribution in [0.3, 0.4) is 0 Å². The number of carbonyl (C=O) groups is 1. The van der Waals surface area contributed by atoms with E-state index in [1.165, 1.54) is 0 Å². The summed E-state index contributed by atoms with van der Waals surface area (Å²) in [5.41, 5.74) is 0.568. The molecule has 0 aliphatic rings. The molecule has 0 saturated carbocycles. The quantitative estimate of drug-likeness (QED) is 0.924. The fraction of sp³-hybridized carbons (Fsp3) is 0.286. The van der Waals surface area contributed by atoms with Crippen molar-refractivity contribution >= 4 is 18.1 Å². The highest BCUT2D eigenvalue weighted by Crippen LogP contribution is 2.17. The Labute approximate surface area is 116 Å². The van der Waals surface area contributed by atoms with Crippen molar-refractivity contribution in [3.05, 3.63) is 41.6 Å². The van der Waals surface area contributed by atoms with E-state index in [-0.39, 0.29) is 17.0 Å². The lowest BCUT2D eigenvalue weighted by Gasteiger charge is -2.15. The number of oxazole rings is 1. The fourth-order valence-corrected chi connectivity index (χ4v) is 1.44. The zero-order valence-electron chi connectivity index (χ0n) is 11.5. The van der Waals surface area contributed by atoms with E-state index >= 15 is 0 Å². The maximum Gasteiger partial charge on any atom is 0.357 e. The summed E-state index contributed by atoms with van der Waals surface area (Å²) in [6.07, 6.45) is 7.78. The first-order valence-corrected chi connectivity index (χ1v) is 6.06. The normalized spacial score (nSPS) is 11.9. The number of aromatic nitrogens is 3. The highest BCUT2D eigenvalue weighted by molar-refractivity contribution is 5.85. The summed E-state index contributed by atoms with van der Waals surface area (Å²) in [4.78, 5) is 23.0. The summed E-state index contributed by atoms with van der Waals surface area (Å²) in [5.74, 6) is -0.132. The smallest absolute Gasteiger partial charge is 0.357 e. The van der Waals surface area contributed by atoms with E-state index in [9.17, 15) is 4.79 Å². The molecule has 0 aromatic carbocycles. The van der Waals surface area contributed by atoms with Crippen molar-refractivity contribution in [2.75, 3.05) is 0 Å². The molecular weight excluding hydrogens is 258 g/mol. The Kier molecular flexibility index (Phi) is 3.65. The van der Waals surface area contributed by atoms with Gasteiger partial charge in [0.25, 0.3) is 0 Å². The number of rotatable bonds is 3. The number of carboxylic acids is 1. The van der Waals surface area contributed by atoms with Crippen LogP contribution in [0.2, 0.25) is 0 Å². The van der Waals surface area contributed by atoms with Crippen LogP contribution in [0.1, 0.15) is 48.5 Å². The molecule has 104 valence electrons. The molecule has 0 fully saturated rings. The molecule has 0 amide bonds. The summed E-state index contributed by atoms with van der Waals surface area (Å²) in [5, 5.41) is 8.72. The van der Waals surface area contributed by atoms with Gasteiger partial charge in [-0.05, 0) is 6.08 Å². The Balaban J connectivity index is 2.13. The topological polar surface area (TPSA) is 89.1 Å². The average molecular weight is 273 g/mol. The van der Waals surface area contributed by atoms with E-state index in [0.29, 0.717) is 0 Å². The predicted octanol–water partition coefficient (Wildman–Crippen LogP) is 2.63. The highest BCUT2D eigenvalue weighted by atomic mass is 16.4. The molecule has 0 bridgehead atoms. The minimum atomic E-state index is -1.12. The maximum atomic E-state index is 10.7. The van der Waals surface area contributed by atoms with E-state index in [1.807, 2.05) is 20.8 Å². The lowest BCUT2D eigenvalue weighted by atomic mass is 9.96. The van der Waals surface area contributed by atoms with E-state index in [4.69, 9.17) is 9.52 Å². The molecule has 0 radical (unpaired) electrons. The van der Waals surface area contributed by atoms with Gasteiger partial charge in [0.05, 0.1) is 0 Å². The Bertz CT molecular complexity index is 636. The lowest BCUT2D eigenvalue weighted by molar-refractivity contribution is 0.0690. The minimum Gasteiger partial charge on any atom is -0.476 e. The van der Waals surface area contributed by atoms with Crippen molar-refractivity contribution in [1.29, 1.82) is 0 Å². The van der Waals surface area contributed by atoms with Gasteiger partial charge in [-0.25, -0.2) is 19.7 Å². The van der Waals surface area contributed by atoms with Gasteiger partial charge in [-0.15, -0.1) is 0 Å². The lowest BCUT2D eigenvalue weighted by Crippen LogP contribution is -2.15. The van der Waals surface area contributed by atoms with Gasteiger partial charge in [-0.2, -0.15) is 0 Å². The molecular formula is C14H15N3O3. The van der Waals surface area contributed by atoms with Gasteiger partial charge < -0.3 is 9.52 Å². The van der Waals surface area contributed by atoms with Crippen LogP contribution in [0, 0.1) is 0 Å². The first-order chi connectivity index (χ1) is 9.36. The zero-order valence-corrected chi connectivity index (χ0v) is 11.5. The van der Waals surface area contributed by atoms with Crippen LogP contribution >= 0.6 is 0 Å². The molecule has 0 spiro atoms. The maximum absolute atomic E-state index is 10.7. The third kappa shape index (κ3) is 3.28. The summed E-state index contributed by atoms with van der Waals surface area (Å²) < 4.78 is 5.01. The van der Waals surface area contributed by atoms with Crippen LogP contribution in [0.5, 0.6) is 0 Å². The van der Waals surface area contributed by atoms with Gasteiger partial charge in [0.15, 0.2) is 5.69 Å². The fourth-order valence-electron chi connectivity index (χ4n) is 1.44. The molecule has 1 N–H and O–H groups in total. The molecule has 20 heavy (non-hydrogen) atoms. The number of aromatic carboxylic acids is 1. The van der Waals surface area contributed by atoms with Crippen molar-refractivity contribution in [2.24, 2.45) is 0 Å². The second-order valence-electron chi connectivity index (χ2n) is 5.30. The molecule has 2 rings (SSSR count). The predicted molar refractivity (Wildman–Crippen MR) is 73.1 cm³/mol. The van der Waals surface area contributed by atoms with Crippen LogP contribution in [0.15, 0.2) is 23.1 Å². The second kappa shape index (κ2) is 5.24. The van der Waals surface area contributed by atoms with Crippen LogP contribution in [-0.2, 0) is 5.41 Å².